The van der Waals surface area contributed by atoms with Crippen LogP contribution in [0, 0.1) is 12.7 Å². The number of allylic oxidation sites excluding steroid dienone is 1. The van der Waals surface area contributed by atoms with Crippen molar-refractivity contribution >= 4 is 22.9 Å². The molecule has 1 N–H and O–H groups in total. The highest BCUT2D eigenvalue weighted by molar-refractivity contribution is 7.80. The lowest BCUT2D eigenvalue weighted by Crippen LogP contribution is -2.45. The first-order chi connectivity index (χ1) is 17.4. The Labute approximate surface area is 215 Å². The molecule has 0 saturated carbocycles. The van der Waals surface area contributed by atoms with Gasteiger partial charge in [0.1, 0.15) is 5.82 Å². The van der Waals surface area contributed by atoms with Crippen molar-refractivity contribution in [3.8, 4) is 11.4 Å². The van der Waals surface area contributed by atoms with Gasteiger partial charge in [-0.05, 0) is 73.4 Å². The van der Waals surface area contributed by atoms with Gasteiger partial charge in [-0.3, -0.25) is 0 Å². The average molecular weight is 499 g/mol. The minimum atomic E-state index is -0.312. The minimum absolute atomic E-state index is 0.251. The lowest BCUT2D eigenvalue weighted by Gasteiger charge is -2.37. The number of hydrogen-bond donors (Lipinski definition) is 1. The van der Waals surface area contributed by atoms with Crippen molar-refractivity contribution < 1.29 is 8.91 Å². The topological polar surface area (TPSA) is 54.2 Å². The summed E-state index contributed by atoms with van der Waals surface area (Å²) in [5.74, 6) is 0.497. The summed E-state index contributed by atoms with van der Waals surface area (Å²) in [6.45, 7) is 6.85. The molecule has 4 aromatic rings. The van der Waals surface area contributed by atoms with Crippen LogP contribution >= 0.6 is 12.2 Å². The molecule has 1 aromatic heterocycles. The Morgan fingerprint density at radius 3 is 2.28 bits per heavy atom. The highest BCUT2D eigenvalue weighted by atomic mass is 32.1. The monoisotopic (exact) mass is 498 g/mol. The standard InChI is InChI=1S/C29H27FN4OS/c1-4-20-9-11-22(12-10-20)26-25(28-32-27(33-35-28)23-13-15-24(30)16-14-23)19(3)34(29(36)31-26)17-21-7-5-18(2)6-8-21/h5-16,26H,4,17H2,1-3H3,(H,31,36). The molecule has 0 saturated heterocycles. The van der Waals surface area contributed by atoms with E-state index in [0.29, 0.717) is 28.9 Å². The molecule has 2 heterocycles. The van der Waals surface area contributed by atoms with Gasteiger partial charge in [-0.2, -0.15) is 4.98 Å². The maximum absolute atomic E-state index is 13.4. The lowest BCUT2D eigenvalue weighted by atomic mass is 9.93. The molecule has 5 rings (SSSR count). The van der Waals surface area contributed by atoms with Crippen molar-refractivity contribution in [1.82, 2.24) is 20.4 Å². The van der Waals surface area contributed by atoms with E-state index in [1.165, 1.54) is 23.3 Å². The third kappa shape index (κ3) is 4.79. The third-order valence-corrected chi connectivity index (χ3v) is 6.88. The van der Waals surface area contributed by atoms with E-state index in [-0.39, 0.29) is 11.9 Å². The normalized spacial score (nSPS) is 15.8. The number of benzene rings is 3. The molecule has 0 radical (unpaired) electrons. The molecule has 1 unspecified atom stereocenters. The zero-order valence-electron chi connectivity index (χ0n) is 20.5. The molecule has 3 aromatic carbocycles. The Morgan fingerprint density at radius 2 is 1.61 bits per heavy atom. The molecule has 0 aliphatic carbocycles. The minimum Gasteiger partial charge on any atom is -0.351 e. The van der Waals surface area contributed by atoms with Gasteiger partial charge in [-0.15, -0.1) is 0 Å². The summed E-state index contributed by atoms with van der Waals surface area (Å²) in [5.41, 5.74) is 7.16. The maximum Gasteiger partial charge on any atom is 0.258 e. The van der Waals surface area contributed by atoms with E-state index in [9.17, 15) is 4.39 Å². The third-order valence-electron chi connectivity index (χ3n) is 6.54. The number of aryl methyl sites for hydroxylation is 2. The molecule has 1 aliphatic rings. The predicted octanol–water partition coefficient (Wildman–Crippen LogP) is 6.61. The Hall–Kier alpha value is -3.84. The number of nitrogens with zero attached hydrogens (tertiary/aromatic N) is 3. The quantitative estimate of drug-likeness (QED) is 0.302. The fourth-order valence-electron chi connectivity index (χ4n) is 4.37. The molecule has 0 amide bonds. The molecule has 0 fully saturated rings. The lowest BCUT2D eigenvalue weighted by molar-refractivity contribution is 0.396. The van der Waals surface area contributed by atoms with E-state index in [0.717, 1.165) is 28.8 Å². The van der Waals surface area contributed by atoms with E-state index in [4.69, 9.17) is 21.7 Å². The SMILES string of the molecule is CCc1ccc(C2NC(=S)N(Cc3ccc(C)cc3)C(C)=C2c2nc(-c3ccc(F)cc3)no2)cc1. The van der Waals surface area contributed by atoms with Crippen LogP contribution in [-0.2, 0) is 13.0 Å². The molecule has 0 bridgehead atoms. The van der Waals surface area contributed by atoms with Crippen LogP contribution in [0.2, 0.25) is 0 Å². The first kappa shape index (κ1) is 23.9. The van der Waals surface area contributed by atoms with Crippen LogP contribution in [0.4, 0.5) is 4.39 Å². The number of hydrogen-bond acceptors (Lipinski definition) is 4. The number of nitrogens with one attached hydrogen (secondary N) is 1. The van der Waals surface area contributed by atoms with E-state index >= 15 is 0 Å². The van der Waals surface area contributed by atoms with E-state index in [1.54, 1.807) is 12.1 Å². The second-order valence-corrected chi connectivity index (χ2v) is 9.37. The zero-order chi connectivity index (χ0) is 25.2. The number of aromatic nitrogens is 2. The van der Waals surface area contributed by atoms with Crippen molar-refractivity contribution in [2.24, 2.45) is 0 Å². The fourth-order valence-corrected chi connectivity index (χ4v) is 4.69. The van der Waals surface area contributed by atoms with Crippen molar-refractivity contribution in [1.29, 1.82) is 0 Å². The Morgan fingerprint density at radius 1 is 0.944 bits per heavy atom. The van der Waals surface area contributed by atoms with Gasteiger partial charge in [0.2, 0.25) is 5.82 Å². The summed E-state index contributed by atoms with van der Waals surface area (Å²) in [5, 5.41) is 8.35. The molecular weight excluding hydrogens is 471 g/mol. The summed E-state index contributed by atoms with van der Waals surface area (Å²) in [7, 11) is 0. The fraction of sp³-hybridized carbons (Fsp3) is 0.207. The van der Waals surface area contributed by atoms with E-state index < -0.39 is 0 Å². The van der Waals surface area contributed by atoms with Crippen LogP contribution in [-0.4, -0.2) is 20.2 Å². The van der Waals surface area contributed by atoms with Crippen LogP contribution < -0.4 is 5.32 Å². The highest BCUT2D eigenvalue weighted by Gasteiger charge is 2.34. The zero-order valence-corrected chi connectivity index (χ0v) is 21.3. The van der Waals surface area contributed by atoms with Gasteiger partial charge >= 0.3 is 0 Å². The Kier molecular flexibility index (Phi) is 6.65. The van der Waals surface area contributed by atoms with Crippen LogP contribution in [0.3, 0.4) is 0 Å². The second kappa shape index (κ2) is 10.0. The van der Waals surface area contributed by atoms with Crippen LogP contribution in [0.1, 0.15) is 48.0 Å². The average Bonchev–Trinajstić information content (AvgIpc) is 3.37. The van der Waals surface area contributed by atoms with Crippen molar-refractivity contribution in [2.75, 3.05) is 0 Å². The smallest absolute Gasteiger partial charge is 0.258 e. The van der Waals surface area contributed by atoms with Crippen molar-refractivity contribution in [2.45, 2.75) is 39.8 Å². The van der Waals surface area contributed by atoms with Gasteiger partial charge in [0.05, 0.1) is 11.6 Å². The molecule has 0 spiro atoms. The van der Waals surface area contributed by atoms with Gasteiger partial charge < -0.3 is 14.7 Å². The molecule has 5 nitrogen and oxygen atoms in total. The molecule has 1 aliphatic heterocycles. The number of rotatable bonds is 6. The molecule has 1 atom stereocenters. The van der Waals surface area contributed by atoms with E-state index in [2.05, 4.69) is 77.8 Å². The molecular formula is C29H27FN4OS. The van der Waals surface area contributed by atoms with E-state index in [1.807, 2.05) is 6.92 Å². The molecule has 182 valence electrons. The first-order valence-electron chi connectivity index (χ1n) is 12.0. The van der Waals surface area contributed by atoms with Gasteiger partial charge in [-0.1, -0.05) is 66.2 Å². The van der Waals surface area contributed by atoms with Crippen LogP contribution in [0.25, 0.3) is 17.0 Å². The summed E-state index contributed by atoms with van der Waals surface area (Å²) < 4.78 is 19.2. The number of thiocarbonyl (C=S) groups is 1. The molecule has 36 heavy (non-hydrogen) atoms. The van der Waals surface area contributed by atoms with Crippen LogP contribution in [0.15, 0.2) is 83.0 Å². The summed E-state index contributed by atoms with van der Waals surface area (Å²) in [6.07, 6.45) is 0.966. The summed E-state index contributed by atoms with van der Waals surface area (Å²) >= 11 is 5.83. The largest absolute Gasteiger partial charge is 0.351 e. The van der Waals surface area contributed by atoms with Crippen molar-refractivity contribution in [3.05, 3.63) is 112 Å². The summed E-state index contributed by atoms with van der Waals surface area (Å²) in [6, 6.07) is 22.7. The first-order valence-corrected chi connectivity index (χ1v) is 12.4. The maximum atomic E-state index is 13.4. The number of halogens is 1. The highest BCUT2D eigenvalue weighted by Crippen LogP contribution is 2.38. The Bertz CT molecular complexity index is 1410. The summed E-state index contributed by atoms with van der Waals surface area (Å²) in [4.78, 5) is 6.77. The second-order valence-electron chi connectivity index (χ2n) is 8.98. The van der Waals surface area contributed by atoms with Crippen LogP contribution in [0.5, 0.6) is 0 Å². The van der Waals surface area contributed by atoms with Gasteiger partial charge in [0.15, 0.2) is 5.11 Å². The molecule has 7 heteroatoms. The van der Waals surface area contributed by atoms with Crippen molar-refractivity contribution in [3.63, 3.8) is 0 Å². The Balaban J connectivity index is 1.58. The van der Waals surface area contributed by atoms with Gasteiger partial charge in [-0.25, -0.2) is 4.39 Å². The predicted molar refractivity (Wildman–Crippen MR) is 143 cm³/mol. The van der Waals surface area contributed by atoms with Gasteiger partial charge in [0.25, 0.3) is 5.89 Å². The van der Waals surface area contributed by atoms with Gasteiger partial charge in [0, 0.05) is 17.8 Å².